The molecule has 7 nitrogen and oxygen atoms in total. The Bertz CT molecular complexity index is 1110. The van der Waals surface area contributed by atoms with E-state index in [1.165, 1.54) is 0 Å². The number of fused-ring (bicyclic) bond motifs is 1. The molecule has 2 aromatic heterocycles. The zero-order chi connectivity index (χ0) is 17.4. The molecule has 2 heterocycles. The van der Waals surface area contributed by atoms with Gasteiger partial charge in [0, 0.05) is 10.6 Å². The first-order valence-electron chi connectivity index (χ1n) is 6.63. The van der Waals surface area contributed by atoms with Gasteiger partial charge in [-0.3, -0.25) is 0 Å². The summed E-state index contributed by atoms with van der Waals surface area (Å²) in [5, 5.41) is 33.0. The van der Waals surface area contributed by atoms with Crippen molar-refractivity contribution in [2.75, 3.05) is 11.5 Å². The summed E-state index contributed by atoms with van der Waals surface area (Å²) < 4.78 is 1.16. The third-order valence-electron chi connectivity index (χ3n) is 3.60. The standard InChI is InChI=1S/C16H8ClN7/c17-9-3-1-8(2-4-9)13-10(5-18)14-12(7-20)15(21)23-24(14)16(22)11(13)6-19/h1-4H,22H2,(H2,21,23). The first-order chi connectivity index (χ1) is 11.5. The fourth-order valence-electron chi connectivity index (χ4n) is 2.56. The molecule has 0 aliphatic rings. The summed E-state index contributed by atoms with van der Waals surface area (Å²) in [5.41, 5.74) is 13.1. The molecular weight excluding hydrogens is 326 g/mol. The molecule has 8 heteroatoms. The first-order valence-corrected chi connectivity index (χ1v) is 7.01. The fourth-order valence-corrected chi connectivity index (χ4v) is 2.68. The third-order valence-corrected chi connectivity index (χ3v) is 3.85. The van der Waals surface area contributed by atoms with Crippen molar-refractivity contribution in [2.45, 2.75) is 0 Å². The summed E-state index contributed by atoms with van der Waals surface area (Å²) in [7, 11) is 0. The smallest absolute Gasteiger partial charge is 0.164 e. The molecule has 0 fully saturated rings. The molecule has 0 bridgehead atoms. The van der Waals surface area contributed by atoms with Crippen LogP contribution in [0.3, 0.4) is 0 Å². The number of nitriles is 3. The second-order valence-electron chi connectivity index (χ2n) is 4.87. The molecule has 3 rings (SSSR count). The minimum absolute atomic E-state index is 0.00431. The molecular formula is C16H8ClN7. The summed E-state index contributed by atoms with van der Waals surface area (Å²) in [6.07, 6.45) is 0. The summed E-state index contributed by atoms with van der Waals surface area (Å²) in [6.45, 7) is 0. The highest BCUT2D eigenvalue weighted by Gasteiger charge is 2.24. The van der Waals surface area contributed by atoms with Crippen LogP contribution in [-0.4, -0.2) is 9.61 Å². The Morgan fingerprint density at radius 3 is 2.04 bits per heavy atom. The first kappa shape index (κ1) is 15.2. The fraction of sp³-hybridized carbons (Fsp3) is 0. The summed E-state index contributed by atoms with van der Waals surface area (Å²) in [5.74, 6) is -0.0532. The van der Waals surface area contributed by atoms with E-state index < -0.39 is 0 Å². The van der Waals surface area contributed by atoms with E-state index in [-0.39, 0.29) is 33.8 Å². The van der Waals surface area contributed by atoms with E-state index in [2.05, 4.69) is 5.10 Å². The largest absolute Gasteiger partial charge is 0.383 e. The zero-order valence-electron chi connectivity index (χ0n) is 12.1. The summed E-state index contributed by atoms with van der Waals surface area (Å²) >= 11 is 5.90. The Morgan fingerprint density at radius 2 is 1.50 bits per heavy atom. The maximum absolute atomic E-state index is 9.65. The van der Waals surface area contributed by atoms with E-state index in [0.717, 1.165) is 4.52 Å². The lowest BCUT2D eigenvalue weighted by molar-refractivity contribution is 0.975. The minimum atomic E-state index is -0.0576. The zero-order valence-corrected chi connectivity index (χ0v) is 12.8. The normalized spacial score (nSPS) is 10.1. The maximum atomic E-state index is 9.65. The molecule has 24 heavy (non-hydrogen) atoms. The lowest BCUT2D eigenvalue weighted by atomic mass is 9.94. The molecule has 3 aromatic rings. The van der Waals surface area contributed by atoms with Crippen LogP contribution < -0.4 is 11.5 Å². The van der Waals surface area contributed by atoms with Crippen LogP contribution in [0.5, 0.6) is 0 Å². The van der Waals surface area contributed by atoms with Gasteiger partial charge in [0.2, 0.25) is 0 Å². The summed E-state index contributed by atoms with van der Waals surface area (Å²) in [4.78, 5) is 0. The Hall–Kier alpha value is -3.73. The van der Waals surface area contributed by atoms with Gasteiger partial charge >= 0.3 is 0 Å². The van der Waals surface area contributed by atoms with Crippen LogP contribution in [0.2, 0.25) is 5.02 Å². The van der Waals surface area contributed by atoms with E-state index in [4.69, 9.17) is 23.1 Å². The molecule has 1 aromatic carbocycles. The van der Waals surface area contributed by atoms with Gasteiger partial charge in [-0.25, -0.2) is 4.52 Å². The van der Waals surface area contributed by atoms with E-state index in [0.29, 0.717) is 16.1 Å². The van der Waals surface area contributed by atoms with E-state index in [1.807, 2.05) is 18.2 Å². The lowest BCUT2D eigenvalue weighted by Gasteiger charge is -2.12. The Balaban J connectivity index is 2.58. The van der Waals surface area contributed by atoms with Gasteiger partial charge < -0.3 is 11.5 Å². The monoisotopic (exact) mass is 333 g/mol. The van der Waals surface area contributed by atoms with Crippen LogP contribution in [0, 0.1) is 34.0 Å². The van der Waals surface area contributed by atoms with Crippen molar-refractivity contribution < 1.29 is 0 Å². The third kappa shape index (κ3) is 1.99. The average Bonchev–Trinajstić information content (AvgIpc) is 2.92. The molecule has 0 spiro atoms. The van der Waals surface area contributed by atoms with Gasteiger partial charge in [0.15, 0.2) is 5.82 Å². The van der Waals surface area contributed by atoms with Crippen molar-refractivity contribution in [3.63, 3.8) is 0 Å². The molecule has 0 saturated carbocycles. The number of aromatic nitrogens is 2. The van der Waals surface area contributed by atoms with Crippen molar-refractivity contribution in [3.8, 4) is 29.3 Å². The van der Waals surface area contributed by atoms with Crippen molar-refractivity contribution in [1.82, 2.24) is 9.61 Å². The highest BCUT2D eigenvalue weighted by atomic mass is 35.5. The van der Waals surface area contributed by atoms with Crippen LogP contribution in [0.25, 0.3) is 16.6 Å². The van der Waals surface area contributed by atoms with Crippen molar-refractivity contribution in [1.29, 1.82) is 15.8 Å². The second-order valence-corrected chi connectivity index (χ2v) is 5.31. The highest BCUT2D eigenvalue weighted by molar-refractivity contribution is 6.30. The Kier molecular flexibility index (Phi) is 3.46. The molecule has 0 atom stereocenters. The van der Waals surface area contributed by atoms with Crippen LogP contribution >= 0.6 is 11.6 Å². The van der Waals surface area contributed by atoms with Gasteiger partial charge in [-0.05, 0) is 17.7 Å². The molecule has 4 N–H and O–H groups in total. The van der Waals surface area contributed by atoms with Crippen LogP contribution in [0.1, 0.15) is 16.7 Å². The number of nitrogen functional groups attached to an aromatic ring is 2. The molecule has 114 valence electrons. The number of rotatable bonds is 1. The van der Waals surface area contributed by atoms with Crippen LogP contribution in [0.15, 0.2) is 24.3 Å². The van der Waals surface area contributed by atoms with Gasteiger partial charge in [-0.15, -0.1) is 5.10 Å². The average molecular weight is 334 g/mol. The molecule has 0 unspecified atom stereocenters. The van der Waals surface area contributed by atoms with Crippen molar-refractivity contribution in [3.05, 3.63) is 46.0 Å². The lowest BCUT2D eigenvalue weighted by Crippen LogP contribution is -2.06. The van der Waals surface area contributed by atoms with Gasteiger partial charge in [0.05, 0.1) is 5.56 Å². The highest BCUT2D eigenvalue weighted by Crippen LogP contribution is 2.36. The molecule has 0 amide bonds. The van der Waals surface area contributed by atoms with E-state index >= 15 is 0 Å². The van der Waals surface area contributed by atoms with Gasteiger partial charge in [-0.2, -0.15) is 15.8 Å². The van der Waals surface area contributed by atoms with Crippen molar-refractivity contribution >= 4 is 28.8 Å². The number of anilines is 2. The number of pyridine rings is 1. The van der Waals surface area contributed by atoms with Crippen LogP contribution in [-0.2, 0) is 0 Å². The van der Waals surface area contributed by atoms with Gasteiger partial charge in [0.25, 0.3) is 0 Å². The van der Waals surface area contributed by atoms with E-state index in [9.17, 15) is 15.8 Å². The SMILES string of the molecule is N#Cc1c(-c2ccc(Cl)cc2)c(C#N)c2c(C#N)c(N)nn2c1N. The Labute approximate surface area is 141 Å². The molecule has 0 radical (unpaired) electrons. The minimum Gasteiger partial charge on any atom is -0.383 e. The Morgan fingerprint density at radius 1 is 0.917 bits per heavy atom. The second kappa shape index (κ2) is 5.48. The number of halogens is 1. The van der Waals surface area contributed by atoms with Gasteiger partial charge in [0.1, 0.15) is 40.7 Å². The number of benzene rings is 1. The number of nitrogens with zero attached hydrogens (tertiary/aromatic N) is 5. The summed E-state index contributed by atoms with van der Waals surface area (Å²) in [6, 6.07) is 12.6. The number of hydrogen-bond acceptors (Lipinski definition) is 6. The predicted octanol–water partition coefficient (Wildman–Crippen LogP) is 2.43. The quantitative estimate of drug-likeness (QED) is 0.700. The topological polar surface area (TPSA) is 141 Å². The molecule has 0 aliphatic heterocycles. The van der Waals surface area contributed by atoms with Crippen LogP contribution in [0.4, 0.5) is 11.6 Å². The predicted molar refractivity (Wildman–Crippen MR) is 88.6 cm³/mol. The number of hydrogen-bond donors (Lipinski definition) is 2. The van der Waals surface area contributed by atoms with E-state index in [1.54, 1.807) is 24.3 Å². The van der Waals surface area contributed by atoms with Gasteiger partial charge in [-0.1, -0.05) is 23.7 Å². The molecule has 0 saturated heterocycles. The maximum Gasteiger partial charge on any atom is 0.164 e. The molecule has 0 aliphatic carbocycles. The van der Waals surface area contributed by atoms with Crippen molar-refractivity contribution in [2.24, 2.45) is 0 Å². The number of nitrogens with two attached hydrogens (primary N) is 2.